The van der Waals surface area contributed by atoms with Gasteiger partial charge < -0.3 is 15.2 Å². The van der Waals surface area contributed by atoms with Crippen molar-refractivity contribution in [3.63, 3.8) is 0 Å². The van der Waals surface area contributed by atoms with Gasteiger partial charge >= 0.3 is 5.97 Å². The average molecular weight is 297 g/mol. The number of carboxylic acid groups (broad SMARTS) is 1. The Morgan fingerprint density at radius 3 is 2.68 bits per heavy atom. The molecule has 0 spiro atoms. The molecule has 1 aliphatic rings. The molecule has 0 saturated carbocycles. The standard InChI is InChI=1S/C17H15NO4/c19-16(12-5-3-6-13(8-12)17(20)21)18-14-9-11-4-1-2-7-15(11)22-10-14/h1-8,14H,9-10H2,(H,18,19)(H,20,21). The first-order valence-electron chi connectivity index (χ1n) is 6.98. The highest BCUT2D eigenvalue weighted by molar-refractivity contribution is 5.97. The van der Waals surface area contributed by atoms with Crippen LogP contribution in [0.15, 0.2) is 48.5 Å². The molecule has 0 aliphatic carbocycles. The second-order valence-electron chi connectivity index (χ2n) is 5.18. The third kappa shape index (κ3) is 2.93. The van der Waals surface area contributed by atoms with Crippen molar-refractivity contribution in [1.29, 1.82) is 0 Å². The van der Waals surface area contributed by atoms with Gasteiger partial charge in [0, 0.05) is 5.56 Å². The number of carbonyl (C=O) groups is 2. The Labute approximate surface area is 127 Å². The molecule has 0 radical (unpaired) electrons. The summed E-state index contributed by atoms with van der Waals surface area (Å²) >= 11 is 0. The molecule has 1 unspecified atom stereocenters. The Hall–Kier alpha value is -2.82. The van der Waals surface area contributed by atoms with E-state index in [1.165, 1.54) is 12.1 Å². The first kappa shape index (κ1) is 14.1. The number of rotatable bonds is 3. The van der Waals surface area contributed by atoms with E-state index in [0.29, 0.717) is 18.6 Å². The average Bonchev–Trinajstić information content (AvgIpc) is 2.55. The molecule has 112 valence electrons. The van der Waals surface area contributed by atoms with E-state index in [9.17, 15) is 9.59 Å². The Morgan fingerprint density at radius 2 is 1.86 bits per heavy atom. The number of fused-ring (bicyclic) bond motifs is 1. The van der Waals surface area contributed by atoms with E-state index < -0.39 is 5.97 Å². The number of ether oxygens (including phenoxy) is 1. The van der Waals surface area contributed by atoms with Crippen LogP contribution in [0.3, 0.4) is 0 Å². The van der Waals surface area contributed by atoms with E-state index in [4.69, 9.17) is 9.84 Å². The van der Waals surface area contributed by atoms with E-state index in [1.807, 2.05) is 24.3 Å². The fraction of sp³-hybridized carbons (Fsp3) is 0.176. The second-order valence-corrected chi connectivity index (χ2v) is 5.18. The van der Waals surface area contributed by atoms with E-state index in [0.717, 1.165) is 11.3 Å². The SMILES string of the molecule is O=C(O)c1cccc(C(=O)NC2COc3ccccc3C2)c1. The van der Waals surface area contributed by atoms with Gasteiger partial charge in [-0.15, -0.1) is 0 Å². The molecule has 0 saturated heterocycles. The van der Waals surface area contributed by atoms with Crippen molar-refractivity contribution in [2.75, 3.05) is 6.61 Å². The van der Waals surface area contributed by atoms with Crippen LogP contribution in [0.2, 0.25) is 0 Å². The van der Waals surface area contributed by atoms with Crippen molar-refractivity contribution in [3.05, 3.63) is 65.2 Å². The van der Waals surface area contributed by atoms with E-state index in [-0.39, 0.29) is 17.5 Å². The number of amides is 1. The van der Waals surface area contributed by atoms with E-state index in [2.05, 4.69) is 5.32 Å². The second kappa shape index (κ2) is 5.89. The van der Waals surface area contributed by atoms with Crippen molar-refractivity contribution in [3.8, 4) is 5.75 Å². The van der Waals surface area contributed by atoms with Crippen LogP contribution in [0.25, 0.3) is 0 Å². The molecule has 0 fully saturated rings. The minimum Gasteiger partial charge on any atom is -0.491 e. The number of benzene rings is 2. The predicted molar refractivity (Wildman–Crippen MR) is 80.3 cm³/mol. The zero-order valence-corrected chi connectivity index (χ0v) is 11.8. The summed E-state index contributed by atoms with van der Waals surface area (Å²) in [7, 11) is 0. The highest BCUT2D eigenvalue weighted by Crippen LogP contribution is 2.24. The molecule has 22 heavy (non-hydrogen) atoms. The third-order valence-corrected chi connectivity index (χ3v) is 3.59. The van der Waals surface area contributed by atoms with E-state index in [1.54, 1.807) is 12.1 Å². The normalized spacial score (nSPS) is 16.3. The van der Waals surface area contributed by atoms with Gasteiger partial charge in [0.15, 0.2) is 0 Å². The van der Waals surface area contributed by atoms with Crippen LogP contribution in [-0.4, -0.2) is 29.6 Å². The maximum absolute atomic E-state index is 12.2. The number of aromatic carboxylic acids is 1. The van der Waals surface area contributed by atoms with Crippen molar-refractivity contribution in [2.24, 2.45) is 0 Å². The maximum Gasteiger partial charge on any atom is 0.335 e. The molecule has 2 N–H and O–H groups in total. The Bertz CT molecular complexity index is 726. The van der Waals surface area contributed by atoms with Crippen LogP contribution < -0.4 is 10.1 Å². The molecular weight excluding hydrogens is 282 g/mol. The molecule has 5 heteroatoms. The summed E-state index contributed by atoms with van der Waals surface area (Å²) in [6.45, 7) is 0.404. The van der Waals surface area contributed by atoms with Gasteiger partial charge in [0.1, 0.15) is 12.4 Å². The highest BCUT2D eigenvalue weighted by Gasteiger charge is 2.21. The van der Waals surface area contributed by atoms with Crippen LogP contribution in [0.5, 0.6) is 5.75 Å². The lowest BCUT2D eigenvalue weighted by Crippen LogP contribution is -2.42. The lowest BCUT2D eigenvalue weighted by Gasteiger charge is -2.26. The molecule has 1 amide bonds. The van der Waals surface area contributed by atoms with Crippen LogP contribution in [0.4, 0.5) is 0 Å². The molecule has 0 bridgehead atoms. The molecule has 1 heterocycles. The molecule has 1 aliphatic heterocycles. The van der Waals surface area contributed by atoms with Gasteiger partial charge in [-0.05, 0) is 36.2 Å². The first-order valence-corrected chi connectivity index (χ1v) is 6.98. The number of hydrogen-bond acceptors (Lipinski definition) is 3. The fourth-order valence-electron chi connectivity index (χ4n) is 2.48. The molecule has 2 aromatic rings. The van der Waals surface area contributed by atoms with E-state index >= 15 is 0 Å². The quantitative estimate of drug-likeness (QED) is 0.910. The van der Waals surface area contributed by atoms with Crippen LogP contribution >= 0.6 is 0 Å². The van der Waals surface area contributed by atoms with Gasteiger partial charge in [0.25, 0.3) is 5.91 Å². The van der Waals surface area contributed by atoms with Gasteiger partial charge in [0.05, 0.1) is 11.6 Å². The monoisotopic (exact) mass is 297 g/mol. The van der Waals surface area contributed by atoms with Crippen molar-refractivity contribution >= 4 is 11.9 Å². The smallest absolute Gasteiger partial charge is 0.335 e. The summed E-state index contributed by atoms with van der Waals surface area (Å²) in [5, 5.41) is 11.9. The summed E-state index contributed by atoms with van der Waals surface area (Å²) in [6, 6.07) is 13.6. The minimum atomic E-state index is -1.05. The first-order chi connectivity index (χ1) is 10.6. The Morgan fingerprint density at radius 1 is 1.09 bits per heavy atom. The van der Waals surface area contributed by atoms with Crippen LogP contribution in [0.1, 0.15) is 26.3 Å². The number of para-hydroxylation sites is 1. The maximum atomic E-state index is 12.2. The number of hydrogen-bond donors (Lipinski definition) is 2. The summed E-state index contributed by atoms with van der Waals surface area (Å²) in [6.07, 6.45) is 0.695. The predicted octanol–water partition coefficient (Wildman–Crippen LogP) is 2.12. The van der Waals surface area contributed by atoms with Gasteiger partial charge in [-0.2, -0.15) is 0 Å². The summed E-state index contributed by atoms with van der Waals surface area (Å²) in [4.78, 5) is 23.2. The molecular formula is C17H15NO4. The zero-order valence-electron chi connectivity index (χ0n) is 11.8. The molecule has 3 rings (SSSR count). The van der Waals surface area contributed by atoms with Gasteiger partial charge in [0.2, 0.25) is 0 Å². The number of carboxylic acids is 1. The largest absolute Gasteiger partial charge is 0.491 e. The van der Waals surface area contributed by atoms with Crippen molar-refractivity contribution < 1.29 is 19.4 Å². The van der Waals surface area contributed by atoms with Gasteiger partial charge in [-0.1, -0.05) is 24.3 Å². The minimum absolute atomic E-state index is 0.0953. The molecule has 5 nitrogen and oxygen atoms in total. The van der Waals surface area contributed by atoms with Crippen molar-refractivity contribution in [1.82, 2.24) is 5.32 Å². The summed E-state index contributed by atoms with van der Waals surface area (Å²) in [5.41, 5.74) is 1.48. The third-order valence-electron chi connectivity index (χ3n) is 3.59. The van der Waals surface area contributed by atoms with Gasteiger partial charge in [-0.25, -0.2) is 4.79 Å². The fourth-order valence-corrected chi connectivity index (χ4v) is 2.48. The van der Waals surface area contributed by atoms with Crippen LogP contribution in [-0.2, 0) is 6.42 Å². The topological polar surface area (TPSA) is 75.6 Å². The Kier molecular flexibility index (Phi) is 3.78. The lowest BCUT2D eigenvalue weighted by atomic mass is 10.0. The molecule has 1 atom stereocenters. The lowest BCUT2D eigenvalue weighted by molar-refractivity contribution is 0.0697. The van der Waals surface area contributed by atoms with Crippen LogP contribution in [0, 0.1) is 0 Å². The summed E-state index contributed by atoms with van der Waals surface area (Å²) in [5.74, 6) is -0.499. The molecule has 0 aromatic heterocycles. The van der Waals surface area contributed by atoms with Gasteiger partial charge in [-0.3, -0.25) is 4.79 Å². The number of nitrogens with one attached hydrogen (secondary N) is 1. The summed E-state index contributed by atoms with van der Waals surface area (Å²) < 4.78 is 5.63. The van der Waals surface area contributed by atoms with Crippen molar-refractivity contribution in [2.45, 2.75) is 12.5 Å². The molecule has 2 aromatic carbocycles. The number of carbonyl (C=O) groups excluding carboxylic acids is 1. The Balaban J connectivity index is 1.70. The highest BCUT2D eigenvalue weighted by atomic mass is 16.5. The zero-order chi connectivity index (χ0) is 15.5.